The van der Waals surface area contributed by atoms with E-state index in [1.165, 1.54) is 19.3 Å². The van der Waals surface area contributed by atoms with E-state index in [-0.39, 0.29) is 0 Å². The molecule has 4 aliphatic rings. The Morgan fingerprint density at radius 3 is 2.54 bits per heavy atom. The third-order valence-electron chi connectivity index (χ3n) is 6.86. The van der Waals surface area contributed by atoms with Gasteiger partial charge in [0.2, 0.25) is 5.79 Å². The maximum Gasteiger partial charge on any atom is 0.213 e. The van der Waals surface area contributed by atoms with Crippen LogP contribution in [-0.4, -0.2) is 46.4 Å². The molecule has 0 atom stereocenters. The Hall–Kier alpha value is -0.750. The van der Waals surface area contributed by atoms with Gasteiger partial charge in [-0.15, -0.1) is 0 Å². The third kappa shape index (κ3) is 3.07. The van der Waals surface area contributed by atoms with Crippen molar-refractivity contribution >= 4 is 11.8 Å². The molecular formula is C21H29NO3S. The van der Waals surface area contributed by atoms with E-state index in [2.05, 4.69) is 23.1 Å². The molecule has 2 saturated heterocycles. The average molecular weight is 376 g/mol. The van der Waals surface area contributed by atoms with Crippen LogP contribution in [0.4, 0.5) is 0 Å². The number of piperidine rings is 1. The lowest BCUT2D eigenvalue weighted by atomic mass is 9.86. The largest absolute Gasteiger partial charge is 0.462 e. The van der Waals surface area contributed by atoms with Gasteiger partial charge in [-0.3, -0.25) is 4.90 Å². The maximum atomic E-state index is 11.0. The highest BCUT2D eigenvalue weighted by Crippen LogP contribution is 2.42. The van der Waals surface area contributed by atoms with E-state index in [0.717, 1.165) is 73.2 Å². The second-order valence-corrected chi connectivity index (χ2v) is 9.61. The van der Waals surface area contributed by atoms with Crippen molar-refractivity contribution in [1.82, 2.24) is 4.90 Å². The third-order valence-corrected chi connectivity index (χ3v) is 7.84. The zero-order valence-electron chi connectivity index (χ0n) is 15.4. The van der Waals surface area contributed by atoms with E-state index in [0.29, 0.717) is 6.61 Å². The summed E-state index contributed by atoms with van der Waals surface area (Å²) >= 11 is 1.93. The summed E-state index contributed by atoms with van der Waals surface area (Å²) in [5.74, 6) is 2.57. The summed E-state index contributed by atoms with van der Waals surface area (Å²) in [5, 5.41) is 11.0. The van der Waals surface area contributed by atoms with Crippen molar-refractivity contribution in [3.8, 4) is 5.75 Å². The molecule has 5 heteroatoms. The Kier molecular flexibility index (Phi) is 4.47. The fourth-order valence-corrected chi connectivity index (χ4v) is 5.91. The molecule has 142 valence electrons. The van der Waals surface area contributed by atoms with Gasteiger partial charge >= 0.3 is 0 Å². The molecule has 0 bridgehead atoms. The first kappa shape index (κ1) is 17.4. The first-order chi connectivity index (χ1) is 12.7. The molecule has 1 aromatic rings. The van der Waals surface area contributed by atoms with Crippen LogP contribution in [0.3, 0.4) is 0 Å². The van der Waals surface area contributed by atoms with Crippen molar-refractivity contribution in [2.45, 2.75) is 69.0 Å². The monoisotopic (exact) mass is 375 g/mol. The van der Waals surface area contributed by atoms with E-state index in [1.54, 1.807) is 0 Å². The molecule has 3 fully saturated rings. The van der Waals surface area contributed by atoms with E-state index in [9.17, 15) is 5.11 Å². The van der Waals surface area contributed by atoms with Gasteiger partial charge in [-0.1, -0.05) is 12.5 Å². The van der Waals surface area contributed by atoms with Crippen LogP contribution in [0.25, 0.3) is 0 Å². The highest BCUT2D eigenvalue weighted by Gasteiger charge is 2.43. The predicted molar refractivity (Wildman–Crippen MR) is 103 cm³/mol. The first-order valence-corrected chi connectivity index (χ1v) is 11.3. The minimum atomic E-state index is -0.677. The van der Waals surface area contributed by atoms with Gasteiger partial charge < -0.3 is 14.6 Å². The summed E-state index contributed by atoms with van der Waals surface area (Å²) in [6.07, 6.45) is 7.68. The summed E-state index contributed by atoms with van der Waals surface area (Å²) in [6.45, 7) is 2.75. The lowest BCUT2D eigenvalue weighted by Crippen LogP contribution is -2.54. The van der Waals surface area contributed by atoms with Crippen LogP contribution in [0, 0.1) is 0 Å². The summed E-state index contributed by atoms with van der Waals surface area (Å²) in [4.78, 5) is 2.62. The van der Waals surface area contributed by atoms with Gasteiger partial charge in [-0.25, -0.2) is 0 Å². The van der Waals surface area contributed by atoms with Gasteiger partial charge in [0.15, 0.2) is 0 Å². The molecule has 0 radical (unpaired) electrons. The van der Waals surface area contributed by atoms with Crippen LogP contribution in [0.15, 0.2) is 18.2 Å². The van der Waals surface area contributed by atoms with Crippen molar-refractivity contribution in [3.05, 3.63) is 29.3 Å². The van der Waals surface area contributed by atoms with Gasteiger partial charge in [-0.05, 0) is 54.9 Å². The number of aliphatic hydroxyl groups is 1. The van der Waals surface area contributed by atoms with Crippen molar-refractivity contribution in [2.24, 2.45) is 0 Å². The summed E-state index contributed by atoms with van der Waals surface area (Å²) in [5.41, 5.74) is 1.43. The lowest BCUT2D eigenvalue weighted by Gasteiger charge is -2.47. The van der Waals surface area contributed by atoms with Crippen LogP contribution in [0.5, 0.6) is 5.75 Å². The highest BCUT2D eigenvalue weighted by atomic mass is 32.2. The van der Waals surface area contributed by atoms with E-state index in [1.807, 2.05) is 11.8 Å². The molecular weight excluding hydrogens is 346 g/mol. The summed E-state index contributed by atoms with van der Waals surface area (Å²) in [7, 11) is 0. The van der Waals surface area contributed by atoms with Crippen molar-refractivity contribution in [3.63, 3.8) is 0 Å². The number of hydrogen-bond acceptors (Lipinski definition) is 5. The van der Waals surface area contributed by atoms with Gasteiger partial charge in [0.1, 0.15) is 5.75 Å². The molecule has 3 heterocycles. The van der Waals surface area contributed by atoms with Gasteiger partial charge in [0.05, 0.1) is 12.2 Å². The molecule has 26 heavy (non-hydrogen) atoms. The molecule has 4 nitrogen and oxygen atoms in total. The van der Waals surface area contributed by atoms with Gasteiger partial charge in [0.25, 0.3) is 0 Å². The average Bonchev–Trinajstić information content (AvgIpc) is 2.62. The zero-order valence-corrected chi connectivity index (χ0v) is 16.2. The van der Waals surface area contributed by atoms with Crippen molar-refractivity contribution < 1.29 is 14.6 Å². The van der Waals surface area contributed by atoms with E-state index < -0.39 is 11.4 Å². The molecule has 1 aliphatic carbocycles. The quantitative estimate of drug-likeness (QED) is 0.854. The number of hydrogen-bond donors (Lipinski definition) is 1. The Balaban J connectivity index is 1.29. The topological polar surface area (TPSA) is 41.9 Å². The lowest BCUT2D eigenvalue weighted by molar-refractivity contribution is -0.231. The second kappa shape index (κ2) is 6.69. The van der Waals surface area contributed by atoms with Gasteiger partial charge in [-0.2, -0.15) is 11.8 Å². The molecule has 1 N–H and O–H groups in total. The van der Waals surface area contributed by atoms with Crippen LogP contribution >= 0.6 is 11.8 Å². The highest BCUT2D eigenvalue weighted by molar-refractivity contribution is 7.99. The number of benzene rings is 1. The number of thioether (sulfide) groups is 1. The molecule has 3 aliphatic heterocycles. The molecule has 1 saturated carbocycles. The number of likely N-dealkylation sites (tertiary alicyclic amines) is 1. The maximum absolute atomic E-state index is 11.0. The van der Waals surface area contributed by atoms with Crippen LogP contribution in [-0.2, 0) is 16.9 Å². The van der Waals surface area contributed by atoms with E-state index >= 15 is 0 Å². The Labute approximate surface area is 160 Å². The molecule has 0 aromatic heterocycles. The van der Waals surface area contributed by atoms with Crippen LogP contribution < -0.4 is 4.74 Å². The first-order valence-electron chi connectivity index (χ1n) is 10.2. The number of rotatable bonds is 2. The van der Waals surface area contributed by atoms with Crippen molar-refractivity contribution in [2.75, 3.05) is 24.6 Å². The summed E-state index contributed by atoms with van der Waals surface area (Å²) in [6, 6.07) is 7.05. The Bertz CT molecular complexity index is 661. The van der Waals surface area contributed by atoms with Crippen LogP contribution in [0.1, 0.15) is 56.1 Å². The molecule has 0 unspecified atom stereocenters. The predicted octanol–water partition coefficient (Wildman–Crippen LogP) is 3.65. The minimum Gasteiger partial charge on any atom is -0.462 e. The normalized spacial score (nSPS) is 28.2. The molecule has 1 spiro atoms. The fraction of sp³-hybridized carbons (Fsp3) is 0.714. The van der Waals surface area contributed by atoms with Crippen molar-refractivity contribution in [1.29, 1.82) is 0 Å². The smallest absolute Gasteiger partial charge is 0.213 e. The number of nitrogens with zero attached hydrogens (tertiary/aromatic N) is 1. The molecule has 0 amide bonds. The minimum absolute atomic E-state index is 0.437. The number of ether oxygens (including phenoxy) is 2. The van der Waals surface area contributed by atoms with Crippen LogP contribution in [0.2, 0.25) is 0 Å². The second-order valence-electron chi connectivity index (χ2n) is 8.39. The standard InChI is InChI=1S/C21H29NO3S/c23-20(8-12-26-13-9-20)17-4-5-19-16(14-17)15-24-21(25-19)6-10-22(11-7-21)18-2-1-3-18/h4-5,14,18,23H,1-3,6-13,15H2. The summed E-state index contributed by atoms with van der Waals surface area (Å²) < 4.78 is 12.6. The number of fused-ring (bicyclic) bond motifs is 1. The zero-order chi connectivity index (χ0) is 17.6. The van der Waals surface area contributed by atoms with E-state index in [4.69, 9.17) is 9.47 Å². The molecule has 1 aromatic carbocycles. The fourth-order valence-electron chi connectivity index (χ4n) is 4.75. The molecule has 5 rings (SSSR count). The SMILES string of the molecule is OC1(c2ccc3c(c2)COC2(CCN(C4CCC4)CC2)O3)CCSCC1. The van der Waals surface area contributed by atoms with Gasteiger partial charge in [0, 0.05) is 37.5 Å². The Morgan fingerprint density at radius 1 is 1.08 bits per heavy atom. The Morgan fingerprint density at radius 2 is 1.85 bits per heavy atom.